The van der Waals surface area contributed by atoms with Crippen LogP contribution in [0.5, 0.6) is 0 Å². The summed E-state index contributed by atoms with van der Waals surface area (Å²) in [5, 5.41) is 2.60. The van der Waals surface area contributed by atoms with Gasteiger partial charge in [0.2, 0.25) is 15.9 Å². The normalized spacial score (nSPS) is 15.4. The quantitative estimate of drug-likeness (QED) is 0.820. The summed E-state index contributed by atoms with van der Waals surface area (Å²) < 4.78 is 27.0. The Morgan fingerprint density at radius 3 is 2.48 bits per heavy atom. The fourth-order valence-corrected chi connectivity index (χ4v) is 3.29. The van der Waals surface area contributed by atoms with Crippen LogP contribution in [0.15, 0.2) is 40.8 Å². The molecule has 1 amide bonds. The first-order valence-corrected chi connectivity index (χ1v) is 8.51. The Labute approximate surface area is 125 Å². The summed E-state index contributed by atoms with van der Waals surface area (Å²) in [5.74, 6) is -0.187. The average Bonchev–Trinajstić information content (AvgIpc) is 2.46. The number of amides is 1. The van der Waals surface area contributed by atoms with Crippen LogP contribution in [0.3, 0.4) is 0 Å². The molecule has 21 heavy (non-hydrogen) atoms. The van der Waals surface area contributed by atoms with Crippen LogP contribution >= 0.6 is 0 Å². The van der Waals surface area contributed by atoms with E-state index in [4.69, 9.17) is 0 Å². The summed E-state index contributed by atoms with van der Waals surface area (Å²) in [7, 11) is -3.51. The third kappa shape index (κ3) is 4.68. The van der Waals surface area contributed by atoms with Gasteiger partial charge in [0, 0.05) is 19.2 Å². The number of allylic oxidation sites excluding steroid dienone is 1. The van der Waals surface area contributed by atoms with E-state index in [1.165, 1.54) is 25.5 Å². The van der Waals surface area contributed by atoms with Gasteiger partial charge in [-0.25, -0.2) is 13.1 Å². The second-order valence-electron chi connectivity index (χ2n) is 5.14. The largest absolute Gasteiger partial charge is 0.326 e. The molecule has 0 fully saturated rings. The van der Waals surface area contributed by atoms with E-state index in [1.54, 1.807) is 12.1 Å². The van der Waals surface area contributed by atoms with E-state index < -0.39 is 10.0 Å². The molecule has 1 aliphatic rings. The molecule has 0 heterocycles. The van der Waals surface area contributed by atoms with E-state index in [0.29, 0.717) is 12.2 Å². The second-order valence-corrected chi connectivity index (χ2v) is 6.91. The number of nitrogens with one attached hydrogen (secondary N) is 2. The molecule has 0 saturated heterocycles. The minimum absolute atomic E-state index is 0.187. The summed E-state index contributed by atoms with van der Waals surface area (Å²) in [6.07, 6.45) is 6.41. The van der Waals surface area contributed by atoms with E-state index in [2.05, 4.69) is 16.1 Å². The topological polar surface area (TPSA) is 75.3 Å². The van der Waals surface area contributed by atoms with E-state index in [-0.39, 0.29) is 10.8 Å². The van der Waals surface area contributed by atoms with Crippen molar-refractivity contribution in [3.63, 3.8) is 0 Å². The van der Waals surface area contributed by atoms with Gasteiger partial charge in [-0.15, -0.1) is 0 Å². The molecule has 6 heteroatoms. The molecule has 0 bridgehead atoms. The van der Waals surface area contributed by atoms with Crippen molar-refractivity contribution in [2.75, 3.05) is 11.9 Å². The molecule has 0 aliphatic heterocycles. The molecule has 0 radical (unpaired) electrons. The van der Waals surface area contributed by atoms with E-state index in [9.17, 15) is 13.2 Å². The van der Waals surface area contributed by atoms with Crippen molar-refractivity contribution in [2.24, 2.45) is 0 Å². The summed E-state index contributed by atoms with van der Waals surface area (Å²) in [6, 6.07) is 6.14. The van der Waals surface area contributed by atoms with E-state index in [0.717, 1.165) is 24.8 Å². The highest BCUT2D eigenvalue weighted by molar-refractivity contribution is 7.89. The molecule has 0 unspecified atom stereocenters. The lowest BCUT2D eigenvalue weighted by Gasteiger charge is -2.13. The number of carbonyl (C=O) groups excluding carboxylic acids is 1. The number of sulfonamides is 1. The highest BCUT2D eigenvalue weighted by Gasteiger charge is 2.14. The first kappa shape index (κ1) is 15.7. The molecular formula is C15H20N2O3S. The van der Waals surface area contributed by atoms with Crippen LogP contribution < -0.4 is 10.0 Å². The molecule has 2 N–H and O–H groups in total. The predicted molar refractivity (Wildman–Crippen MR) is 82.5 cm³/mol. The molecule has 2 rings (SSSR count). The zero-order valence-corrected chi connectivity index (χ0v) is 12.9. The Bertz CT molecular complexity index is 633. The van der Waals surface area contributed by atoms with Crippen LogP contribution in [-0.2, 0) is 14.8 Å². The molecule has 114 valence electrons. The van der Waals surface area contributed by atoms with Gasteiger partial charge >= 0.3 is 0 Å². The SMILES string of the molecule is CC(=O)Nc1ccc(S(=O)(=O)NCC2=CCCCC2)cc1. The van der Waals surface area contributed by atoms with Gasteiger partial charge < -0.3 is 5.32 Å². The van der Waals surface area contributed by atoms with Crippen LogP contribution in [0, 0.1) is 0 Å². The number of hydrogen-bond donors (Lipinski definition) is 2. The zero-order valence-electron chi connectivity index (χ0n) is 12.1. The van der Waals surface area contributed by atoms with E-state index >= 15 is 0 Å². The first-order valence-electron chi connectivity index (χ1n) is 7.02. The molecule has 0 atom stereocenters. The maximum atomic E-state index is 12.2. The lowest BCUT2D eigenvalue weighted by Crippen LogP contribution is -2.26. The third-order valence-electron chi connectivity index (χ3n) is 3.36. The Morgan fingerprint density at radius 1 is 1.19 bits per heavy atom. The lowest BCUT2D eigenvalue weighted by atomic mass is 10.0. The summed E-state index contributed by atoms with van der Waals surface area (Å²) in [4.78, 5) is 11.1. The molecular weight excluding hydrogens is 288 g/mol. The minimum atomic E-state index is -3.51. The van der Waals surface area contributed by atoms with Crippen molar-refractivity contribution in [1.29, 1.82) is 0 Å². The molecule has 0 aromatic heterocycles. The van der Waals surface area contributed by atoms with Gasteiger partial charge in [-0.05, 0) is 49.9 Å². The minimum Gasteiger partial charge on any atom is -0.326 e. The summed E-state index contributed by atoms with van der Waals surface area (Å²) >= 11 is 0. The summed E-state index contributed by atoms with van der Waals surface area (Å²) in [5.41, 5.74) is 1.73. The lowest BCUT2D eigenvalue weighted by molar-refractivity contribution is -0.114. The van der Waals surface area contributed by atoms with Crippen molar-refractivity contribution < 1.29 is 13.2 Å². The molecule has 1 aliphatic carbocycles. The fraction of sp³-hybridized carbons (Fsp3) is 0.400. The fourth-order valence-electron chi connectivity index (χ4n) is 2.26. The highest BCUT2D eigenvalue weighted by atomic mass is 32.2. The van der Waals surface area contributed by atoms with Gasteiger partial charge in [-0.2, -0.15) is 0 Å². The molecule has 0 saturated carbocycles. The van der Waals surface area contributed by atoms with Gasteiger partial charge in [-0.3, -0.25) is 4.79 Å². The predicted octanol–water partition coefficient (Wildman–Crippen LogP) is 2.42. The van der Waals surface area contributed by atoms with Crippen LogP contribution in [-0.4, -0.2) is 20.9 Å². The van der Waals surface area contributed by atoms with Gasteiger partial charge in [0.1, 0.15) is 0 Å². The van der Waals surface area contributed by atoms with Crippen molar-refractivity contribution in [2.45, 2.75) is 37.5 Å². The Morgan fingerprint density at radius 2 is 1.90 bits per heavy atom. The van der Waals surface area contributed by atoms with Crippen LogP contribution in [0.1, 0.15) is 32.6 Å². The van der Waals surface area contributed by atoms with Gasteiger partial charge in [0.25, 0.3) is 0 Å². The maximum absolute atomic E-state index is 12.2. The highest BCUT2D eigenvalue weighted by Crippen LogP contribution is 2.18. The maximum Gasteiger partial charge on any atom is 0.240 e. The monoisotopic (exact) mass is 308 g/mol. The van der Waals surface area contributed by atoms with Crippen molar-refractivity contribution in [3.05, 3.63) is 35.9 Å². The number of hydrogen-bond acceptors (Lipinski definition) is 3. The number of benzene rings is 1. The first-order chi connectivity index (χ1) is 9.97. The van der Waals surface area contributed by atoms with Gasteiger partial charge in [0.05, 0.1) is 4.90 Å². The van der Waals surface area contributed by atoms with Crippen molar-refractivity contribution in [1.82, 2.24) is 4.72 Å². The zero-order chi connectivity index (χ0) is 15.3. The molecule has 5 nitrogen and oxygen atoms in total. The second kappa shape index (κ2) is 6.87. The van der Waals surface area contributed by atoms with E-state index in [1.807, 2.05) is 0 Å². The van der Waals surface area contributed by atoms with Gasteiger partial charge in [0.15, 0.2) is 0 Å². The Hall–Kier alpha value is -1.66. The number of carbonyl (C=O) groups is 1. The van der Waals surface area contributed by atoms with Gasteiger partial charge in [-0.1, -0.05) is 11.6 Å². The third-order valence-corrected chi connectivity index (χ3v) is 4.78. The Balaban J connectivity index is 2.01. The molecule has 1 aromatic rings. The number of rotatable bonds is 5. The molecule has 1 aromatic carbocycles. The Kier molecular flexibility index (Phi) is 5.14. The standard InChI is InChI=1S/C15H20N2O3S/c1-12(18)17-14-7-9-15(10-8-14)21(19,20)16-11-13-5-3-2-4-6-13/h5,7-10,16H,2-4,6,11H2,1H3,(H,17,18). The summed E-state index contributed by atoms with van der Waals surface area (Å²) in [6.45, 7) is 1.78. The smallest absolute Gasteiger partial charge is 0.240 e. The van der Waals surface area contributed by atoms with Crippen LogP contribution in [0.2, 0.25) is 0 Å². The molecule has 0 spiro atoms. The van der Waals surface area contributed by atoms with Crippen molar-refractivity contribution in [3.8, 4) is 0 Å². The van der Waals surface area contributed by atoms with Crippen molar-refractivity contribution >= 4 is 21.6 Å². The number of anilines is 1. The average molecular weight is 308 g/mol. The van der Waals surface area contributed by atoms with Crippen LogP contribution in [0.4, 0.5) is 5.69 Å². The van der Waals surface area contributed by atoms with Crippen LogP contribution in [0.25, 0.3) is 0 Å².